The van der Waals surface area contributed by atoms with Gasteiger partial charge in [0.2, 0.25) is 0 Å². The summed E-state index contributed by atoms with van der Waals surface area (Å²) >= 11 is 3.09. The van der Waals surface area contributed by atoms with Crippen LogP contribution in [-0.2, 0) is 0 Å². The summed E-state index contributed by atoms with van der Waals surface area (Å²) in [5.74, 6) is 0. The van der Waals surface area contributed by atoms with Crippen molar-refractivity contribution in [2.75, 3.05) is 0 Å². The summed E-state index contributed by atoms with van der Waals surface area (Å²) in [6.45, 7) is 5.23. The highest BCUT2D eigenvalue weighted by molar-refractivity contribution is 7.85. The molecule has 0 amide bonds. The minimum atomic E-state index is -0.500. The molecule has 0 radical (unpaired) electrons. The first-order valence-corrected chi connectivity index (χ1v) is 2.62. The molecule has 0 aromatic rings. The number of thiocyanates is 1. The van der Waals surface area contributed by atoms with Gasteiger partial charge in [-0.1, -0.05) is 12.6 Å². The molecule has 56 valence electrons. The number of rotatable bonds is 0. The van der Waals surface area contributed by atoms with Crippen LogP contribution in [0.4, 0.5) is 0 Å². The number of aliphatic hydroxyl groups is 1. The van der Waals surface area contributed by atoms with Gasteiger partial charge >= 0.3 is 0 Å². The Morgan fingerprint density at radius 3 is 1.44 bits per heavy atom. The van der Waals surface area contributed by atoms with Crippen LogP contribution in [-0.4, -0.2) is 10.7 Å². The first-order chi connectivity index (χ1) is 3.41. The number of thiol groups is 1. The van der Waals surface area contributed by atoms with Gasteiger partial charge in [0.1, 0.15) is 5.40 Å². The summed E-state index contributed by atoms with van der Waals surface area (Å²) < 4.78 is 0. The molecular weight excluding hydrogens is 136 g/mol. The van der Waals surface area contributed by atoms with Gasteiger partial charge < -0.3 is 11.3 Å². The zero-order chi connectivity index (χ0) is 7.21. The molecule has 0 aliphatic carbocycles. The Morgan fingerprint density at radius 2 is 1.44 bits per heavy atom. The second-order valence-corrected chi connectivity index (χ2v) is 2.47. The molecule has 0 atom stereocenters. The largest absolute Gasteiger partial charge is 0.391 e. The molecule has 0 aliphatic rings. The molecule has 0 saturated carbocycles. The fourth-order valence-electron chi connectivity index (χ4n) is 0. The van der Waals surface area contributed by atoms with Crippen LogP contribution in [0.5, 0.6) is 0 Å². The summed E-state index contributed by atoms with van der Waals surface area (Å²) in [7, 11) is 0. The Hall–Kier alpha value is -0.240. The van der Waals surface area contributed by atoms with Crippen LogP contribution >= 0.6 is 12.6 Å². The van der Waals surface area contributed by atoms with Crippen molar-refractivity contribution in [3.63, 3.8) is 0 Å². The third-order valence-corrected chi connectivity index (χ3v) is 0. The molecule has 4 heteroatoms. The number of nitrogens with zero attached hydrogens (tertiary/aromatic N) is 1. The normalized spacial score (nSPS) is 7.56. The molecule has 0 unspecified atom stereocenters. The second-order valence-electron chi connectivity index (χ2n) is 2.27. The van der Waals surface area contributed by atoms with E-state index in [-0.39, 0.29) is 6.15 Å². The van der Waals surface area contributed by atoms with E-state index >= 15 is 0 Å². The standard InChI is InChI=1S/C4H10O.CHNS.H3N/c1-4(2,3)5;2-1-3;/h5H,1-3H3;3H;1H3. The molecule has 0 fully saturated rings. The van der Waals surface area contributed by atoms with Crippen molar-refractivity contribution in [3.05, 3.63) is 0 Å². The van der Waals surface area contributed by atoms with E-state index in [1.165, 1.54) is 5.40 Å². The predicted octanol–water partition coefficient (Wildman–Crippen LogP) is 1.34. The molecule has 3 nitrogen and oxygen atoms in total. The van der Waals surface area contributed by atoms with E-state index in [9.17, 15) is 0 Å². The van der Waals surface area contributed by atoms with Gasteiger partial charge in [0.15, 0.2) is 0 Å². The van der Waals surface area contributed by atoms with Crippen LogP contribution in [0.3, 0.4) is 0 Å². The van der Waals surface area contributed by atoms with E-state index in [1.807, 2.05) is 0 Å². The summed E-state index contributed by atoms with van der Waals surface area (Å²) in [4.78, 5) is 0. The van der Waals surface area contributed by atoms with E-state index in [1.54, 1.807) is 20.8 Å². The summed E-state index contributed by atoms with van der Waals surface area (Å²) in [5.41, 5.74) is -0.500. The van der Waals surface area contributed by atoms with Crippen molar-refractivity contribution in [2.45, 2.75) is 26.4 Å². The van der Waals surface area contributed by atoms with Crippen molar-refractivity contribution in [2.24, 2.45) is 0 Å². The first-order valence-electron chi connectivity index (χ1n) is 2.17. The van der Waals surface area contributed by atoms with Gasteiger partial charge in [-0.05, 0) is 20.8 Å². The molecule has 0 bridgehead atoms. The van der Waals surface area contributed by atoms with Gasteiger partial charge in [0.05, 0.1) is 5.60 Å². The second kappa shape index (κ2) is 7.76. The lowest BCUT2D eigenvalue weighted by atomic mass is 10.2. The minimum absolute atomic E-state index is 0. The highest BCUT2D eigenvalue weighted by Gasteiger charge is 1.97. The lowest BCUT2D eigenvalue weighted by Crippen LogP contribution is -2.10. The zero-order valence-electron chi connectivity index (χ0n) is 6.05. The van der Waals surface area contributed by atoms with Crippen molar-refractivity contribution in [1.82, 2.24) is 6.15 Å². The summed E-state index contributed by atoms with van der Waals surface area (Å²) in [5, 5.41) is 17.1. The highest BCUT2D eigenvalue weighted by Crippen LogP contribution is 1.93. The van der Waals surface area contributed by atoms with E-state index in [2.05, 4.69) is 12.6 Å². The Morgan fingerprint density at radius 1 is 1.44 bits per heavy atom. The molecule has 0 rings (SSSR count). The lowest BCUT2D eigenvalue weighted by molar-refractivity contribution is 0.102. The summed E-state index contributed by atoms with van der Waals surface area (Å²) in [6, 6.07) is 0. The van der Waals surface area contributed by atoms with E-state index in [0.29, 0.717) is 0 Å². The predicted molar refractivity (Wildman–Crippen MR) is 41.6 cm³/mol. The molecular formula is C5H14N2OS. The third-order valence-electron chi connectivity index (χ3n) is 0. The van der Waals surface area contributed by atoms with Crippen LogP contribution in [0.15, 0.2) is 0 Å². The van der Waals surface area contributed by atoms with E-state index in [4.69, 9.17) is 10.4 Å². The van der Waals surface area contributed by atoms with Crippen LogP contribution < -0.4 is 6.15 Å². The van der Waals surface area contributed by atoms with Gasteiger partial charge in [0.25, 0.3) is 0 Å². The Bertz CT molecular complexity index is 75.9. The molecule has 4 N–H and O–H groups in total. The Kier molecular flexibility index (Phi) is 13.7. The summed E-state index contributed by atoms with van der Waals surface area (Å²) in [6.07, 6.45) is 0. The maximum atomic E-state index is 8.52. The SMILES string of the molecule is CC(C)(C)O.N.N#CS. The fraction of sp³-hybridized carbons (Fsp3) is 0.800. The topological polar surface area (TPSA) is 79.0 Å². The number of hydrogen-bond acceptors (Lipinski definition) is 4. The van der Waals surface area contributed by atoms with Gasteiger partial charge in [-0.25, -0.2) is 0 Å². The fourth-order valence-corrected chi connectivity index (χ4v) is 0. The molecule has 0 aliphatic heterocycles. The Balaban J connectivity index is -0.0000000800. The zero-order valence-corrected chi connectivity index (χ0v) is 6.94. The average Bonchev–Trinajstić information content (AvgIpc) is 1.27. The van der Waals surface area contributed by atoms with Gasteiger partial charge in [-0.15, -0.1) is 0 Å². The molecule has 0 saturated heterocycles. The van der Waals surface area contributed by atoms with Crippen LogP contribution in [0.25, 0.3) is 0 Å². The monoisotopic (exact) mass is 150 g/mol. The maximum absolute atomic E-state index is 8.52. The van der Waals surface area contributed by atoms with Crippen molar-refractivity contribution in [3.8, 4) is 5.40 Å². The minimum Gasteiger partial charge on any atom is -0.391 e. The van der Waals surface area contributed by atoms with Crippen LogP contribution in [0.2, 0.25) is 0 Å². The molecule has 0 heterocycles. The smallest absolute Gasteiger partial charge is 0.130 e. The van der Waals surface area contributed by atoms with E-state index < -0.39 is 5.60 Å². The number of nitriles is 1. The Labute approximate surface area is 61.7 Å². The quantitative estimate of drug-likeness (QED) is 0.360. The molecule has 0 aromatic heterocycles. The van der Waals surface area contributed by atoms with Crippen molar-refractivity contribution < 1.29 is 5.11 Å². The van der Waals surface area contributed by atoms with Crippen LogP contribution in [0.1, 0.15) is 20.8 Å². The van der Waals surface area contributed by atoms with E-state index in [0.717, 1.165) is 0 Å². The number of hydrogen-bond donors (Lipinski definition) is 3. The first kappa shape index (κ1) is 15.9. The van der Waals surface area contributed by atoms with Crippen molar-refractivity contribution in [1.29, 1.82) is 5.26 Å². The molecule has 9 heavy (non-hydrogen) atoms. The highest BCUT2D eigenvalue weighted by atomic mass is 32.1. The lowest BCUT2D eigenvalue weighted by Gasteiger charge is -2.04. The van der Waals surface area contributed by atoms with Crippen LogP contribution in [0, 0.1) is 10.7 Å². The van der Waals surface area contributed by atoms with Gasteiger partial charge in [0, 0.05) is 0 Å². The molecule has 0 spiro atoms. The maximum Gasteiger partial charge on any atom is 0.130 e. The van der Waals surface area contributed by atoms with Crippen molar-refractivity contribution >= 4 is 12.6 Å². The van der Waals surface area contributed by atoms with Gasteiger partial charge in [-0.3, -0.25) is 0 Å². The third kappa shape index (κ3) is 4470. The average molecular weight is 150 g/mol. The molecule has 0 aromatic carbocycles. The van der Waals surface area contributed by atoms with Gasteiger partial charge in [-0.2, -0.15) is 5.26 Å².